The number of rotatable bonds is 4. The number of benzene rings is 2. The monoisotopic (exact) mass is 344 g/mol. The van der Waals surface area contributed by atoms with Crippen LogP contribution in [-0.2, 0) is 0 Å². The molecule has 0 saturated carbocycles. The number of methoxy groups -OCH3 is 1. The van der Waals surface area contributed by atoms with E-state index in [1.165, 1.54) is 36.2 Å². The molecule has 0 aliphatic heterocycles. The Balaban J connectivity index is 2.00. The SMILES string of the molecule is COc1ccc(O)c(/C=N/n2c(-c3ccc(F)cc3)n[nH]c2=S)c1. The van der Waals surface area contributed by atoms with E-state index in [-0.39, 0.29) is 16.3 Å². The third-order valence-corrected chi connectivity index (χ3v) is 3.56. The first-order valence-electron chi connectivity index (χ1n) is 6.93. The molecule has 0 radical (unpaired) electrons. The molecule has 0 saturated heterocycles. The van der Waals surface area contributed by atoms with Gasteiger partial charge in [-0.2, -0.15) is 14.9 Å². The van der Waals surface area contributed by atoms with E-state index in [2.05, 4.69) is 15.3 Å². The Morgan fingerprint density at radius 3 is 2.75 bits per heavy atom. The smallest absolute Gasteiger partial charge is 0.216 e. The number of phenols is 1. The summed E-state index contributed by atoms with van der Waals surface area (Å²) in [6.07, 6.45) is 1.44. The Bertz CT molecular complexity index is 947. The molecule has 0 bridgehead atoms. The zero-order chi connectivity index (χ0) is 17.1. The summed E-state index contributed by atoms with van der Waals surface area (Å²) in [6, 6.07) is 10.6. The normalized spacial score (nSPS) is 11.1. The second-order valence-electron chi connectivity index (χ2n) is 4.84. The van der Waals surface area contributed by atoms with Crippen molar-refractivity contribution in [3.8, 4) is 22.9 Å². The highest BCUT2D eigenvalue weighted by Gasteiger charge is 2.08. The standard InChI is InChI=1S/C16H13FN4O2S/c1-23-13-6-7-14(22)11(8-13)9-18-21-15(19-20-16(21)24)10-2-4-12(17)5-3-10/h2-9,22H,1H3,(H,20,24)/b18-9+. The molecule has 3 aromatic rings. The fraction of sp³-hybridized carbons (Fsp3) is 0.0625. The van der Waals surface area contributed by atoms with Crippen LogP contribution in [0.3, 0.4) is 0 Å². The van der Waals surface area contributed by atoms with Crippen LogP contribution in [0.2, 0.25) is 0 Å². The molecule has 122 valence electrons. The summed E-state index contributed by atoms with van der Waals surface area (Å²) in [5.74, 6) is 0.726. The van der Waals surface area contributed by atoms with Crippen molar-refractivity contribution in [1.29, 1.82) is 0 Å². The van der Waals surface area contributed by atoms with Crippen LogP contribution < -0.4 is 4.74 Å². The van der Waals surface area contributed by atoms with Crippen molar-refractivity contribution in [1.82, 2.24) is 14.9 Å². The summed E-state index contributed by atoms with van der Waals surface area (Å²) >= 11 is 5.17. The lowest BCUT2D eigenvalue weighted by Crippen LogP contribution is -1.96. The number of aromatic nitrogens is 3. The predicted octanol–water partition coefficient (Wildman–Crippen LogP) is 3.34. The average Bonchev–Trinajstić information content (AvgIpc) is 2.95. The fourth-order valence-electron chi connectivity index (χ4n) is 2.07. The fourth-order valence-corrected chi connectivity index (χ4v) is 2.25. The lowest BCUT2D eigenvalue weighted by molar-refractivity contribution is 0.412. The van der Waals surface area contributed by atoms with Gasteiger partial charge in [0.15, 0.2) is 5.82 Å². The minimum atomic E-state index is -0.343. The summed E-state index contributed by atoms with van der Waals surface area (Å²) in [4.78, 5) is 0. The van der Waals surface area contributed by atoms with Gasteiger partial charge in [0.2, 0.25) is 4.77 Å². The van der Waals surface area contributed by atoms with Crippen molar-refractivity contribution in [2.45, 2.75) is 0 Å². The van der Waals surface area contributed by atoms with E-state index >= 15 is 0 Å². The second kappa shape index (κ2) is 6.63. The molecule has 0 aliphatic carbocycles. The number of aromatic hydroxyl groups is 1. The van der Waals surface area contributed by atoms with Crippen LogP contribution in [0.15, 0.2) is 47.6 Å². The molecule has 0 spiro atoms. The quantitative estimate of drug-likeness (QED) is 0.562. The van der Waals surface area contributed by atoms with Crippen LogP contribution in [0.4, 0.5) is 4.39 Å². The first-order chi connectivity index (χ1) is 11.6. The zero-order valence-electron chi connectivity index (χ0n) is 12.6. The first-order valence-corrected chi connectivity index (χ1v) is 7.34. The molecular formula is C16H13FN4O2S. The number of H-pyrrole nitrogens is 1. The summed E-state index contributed by atoms with van der Waals surface area (Å²) < 4.78 is 19.9. The molecule has 2 N–H and O–H groups in total. The number of ether oxygens (including phenoxy) is 1. The van der Waals surface area contributed by atoms with Crippen LogP contribution in [0.25, 0.3) is 11.4 Å². The van der Waals surface area contributed by atoms with Crippen molar-refractivity contribution in [2.75, 3.05) is 7.11 Å². The van der Waals surface area contributed by atoms with Gasteiger partial charge in [-0.3, -0.25) is 0 Å². The maximum Gasteiger partial charge on any atom is 0.216 e. The predicted molar refractivity (Wildman–Crippen MR) is 90.5 cm³/mol. The Hall–Kier alpha value is -3.00. The number of phenolic OH excluding ortho intramolecular Hbond substituents is 1. The van der Waals surface area contributed by atoms with Crippen molar-refractivity contribution >= 4 is 18.4 Å². The summed E-state index contributed by atoms with van der Waals surface area (Å²) in [5.41, 5.74) is 1.11. The molecule has 3 rings (SSSR count). The summed E-state index contributed by atoms with van der Waals surface area (Å²) in [6.45, 7) is 0. The number of halogens is 1. The van der Waals surface area contributed by atoms with Gasteiger partial charge in [0.05, 0.1) is 13.3 Å². The molecule has 24 heavy (non-hydrogen) atoms. The van der Waals surface area contributed by atoms with Crippen molar-refractivity contribution in [3.05, 3.63) is 58.6 Å². The zero-order valence-corrected chi connectivity index (χ0v) is 13.4. The maximum atomic E-state index is 13.1. The van der Waals surface area contributed by atoms with Gasteiger partial charge in [-0.15, -0.1) is 0 Å². The van der Waals surface area contributed by atoms with E-state index in [0.717, 1.165) is 0 Å². The van der Waals surface area contributed by atoms with Gasteiger partial charge in [-0.1, -0.05) is 0 Å². The van der Waals surface area contributed by atoms with Crippen molar-refractivity contribution in [2.24, 2.45) is 5.10 Å². The molecular weight excluding hydrogens is 331 g/mol. The van der Waals surface area contributed by atoms with Gasteiger partial charge in [0.1, 0.15) is 17.3 Å². The number of nitrogens with zero attached hydrogens (tertiary/aromatic N) is 3. The highest BCUT2D eigenvalue weighted by molar-refractivity contribution is 7.71. The topological polar surface area (TPSA) is 75.4 Å². The van der Waals surface area contributed by atoms with Gasteiger partial charge in [-0.25, -0.2) is 9.49 Å². The van der Waals surface area contributed by atoms with Crippen molar-refractivity contribution < 1.29 is 14.2 Å². The van der Waals surface area contributed by atoms with Crippen LogP contribution in [-0.4, -0.2) is 33.3 Å². The van der Waals surface area contributed by atoms with Crippen LogP contribution in [0.1, 0.15) is 5.56 Å². The van der Waals surface area contributed by atoms with Gasteiger partial charge in [0.25, 0.3) is 0 Å². The summed E-state index contributed by atoms with van der Waals surface area (Å²) in [7, 11) is 1.53. The van der Waals surface area contributed by atoms with Gasteiger partial charge >= 0.3 is 0 Å². The Kier molecular flexibility index (Phi) is 4.39. The molecule has 0 atom stereocenters. The highest BCUT2D eigenvalue weighted by atomic mass is 32.1. The van der Waals surface area contributed by atoms with Crippen LogP contribution in [0.5, 0.6) is 11.5 Å². The Labute approximate surface area is 141 Å². The van der Waals surface area contributed by atoms with E-state index in [9.17, 15) is 9.50 Å². The van der Waals surface area contributed by atoms with Gasteiger partial charge < -0.3 is 9.84 Å². The molecule has 8 heteroatoms. The minimum absolute atomic E-state index is 0.0536. The molecule has 6 nitrogen and oxygen atoms in total. The number of nitrogens with one attached hydrogen (secondary N) is 1. The lowest BCUT2D eigenvalue weighted by atomic mass is 10.2. The van der Waals surface area contributed by atoms with Gasteiger partial charge in [0, 0.05) is 11.1 Å². The van der Waals surface area contributed by atoms with Crippen LogP contribution in [0, 0.1) is 10.6 Å². The average molecular weight is 344 g/mol. The van der Waals surface area contributed by atoms with E-state index in [0.29, 0.717) is 22.7 Å². The molecule has 0 unspecified atom stereocenters. The Morgan fingerprint density at radius 2 is 2.04 bits per heavy atom. The third-order valence-electron chi connectivity index (χ3n) is 3.30. The van der Waals surface area contributed by atoms with Gasteiger partial charge in [-0.05, 0) is 54.7 Å². The largest absolute Gasteiger partial charge is 0.507 e. The minimum Gasteiger partial charge on any atom is -0.507 e. The number of hydrogen-bond donors (Lipinski definition) is 2. The Morgan fingerprint density at radius 1 is 1.29 bits per heavy atom. The highest BCUT2D eigenvalue weighted by Crippen LogP contribution is 2.22. The molecule has 1 heterocycles. The maximum absolute atomic E-state index is 13.1. The molecule has 0 fully saturated rings. The molecule has 1 aromatic heterocycles. The summed E-state index contributed by atoms with van der Waals surface area (Å²) in [5, 5.41) is 20.9. The first kappa shape index (κ1) is 15.9. The van der Waals surface area contributed by atoms with Crippen LogP contribution >= 0.6 is 12.2 Å². The van der Waals surface area contributed by atoms with E-state index in [1.807, 2.05) is 0 Å². The molecule has 2 aromatic carbocycles. The number of hydrogen-bond acceptors (Lipinski definition) is 5. The molecule has 0 aliphatic rings. The number of aromatic amines is 1. The van der Waals surface area contributed by atoms with E-state index in [4.69, 9.17) is 17.0 Å². The van der Waals surface area contributed by atoms with E-state index in [1.54, 1.807) is 24.3 Å². The lowest BCUT2D eigenvalue weighted by Gasteiger charge is -2.04. The second-order valence-corrected chi connectivity index (χ2v) is 5.23. The third kappa shape index (κ3) is 3.18. The molecule has 0 amide bonds. The van der Waals surface area contributed by atoms with Crippen molar-refractivity contribution in [3.63, 3.8) is 0 Å². The van der Waals surface area contributed by atoms with E-state index < -0.39 is 0 Å².